The lowest BCUT2D eigenvalue weighted by Gasteiger charge is -2.10. The first kappa shape index (κ1) is 33.1. The molecule has 0 aliphatic carbocycles. The average molecular weight is 600 g/mol. The Bertz CT molecular complexity index is 1310. The van der Waals surface area contributed by atoms with Crippen molar-refractivity contribution in [3.63, 3.8) is 0 Å². The van der Waals surface area contributed by atoms with Gasteiger partial charge >= 0.3 is 17.9 Å². The summed E-state index contributed by atoms with van der Waals surface area (Å²) in [6, 6.07) is 22.3. The van der Waals surface area contributed by atoms with Gasteiger partial charge in [-0.3, -0.25) is 0 Å². The molecule has 0 radical (unpaired) electrons. The van der Waals surface area contributed by atoms with Gasteiger partial charge in [-0.1, -0.05) is 37.5 Å². The molecule has 3 aromatic rings. The van der Waals surface area contributed by atoms with Crippen LogP contribution in [0, 0.1) is 0 Å². The maximum absolute atomic E-state index is 12.2. The summed E-state index contributed by atoms with van der Waals surface area (Å²) in [4.78, 5) is 39.7. The molecule has 7 heteroatoms. The van der Waals surface area contributed by atoms with E-state index in [-0.39, 0.29) is 0 Å². The first-order valence-electron chi connectivity index (χ1n) is 14.3. The molecule has 6 nitrogen and oxygen atoms in total. The zero-order valence-electron chi connectivity index (χ0n) is 25.6. The third kappa shape index (κ3) is 10.5. The second kappa shape index (κ2) is 16.3. The van der Waals surface area contributed by atoms with Crippen molar-refractivity contribution in [1.82, 2.24) is 0 Å². The second-order valence-corrected chi connectivity index (χ2v) is 12.0. The van der Waals surface area contributed by atoms with Gasteiger partial charge in [0.2, 0.25) is 0 Å². The molecule has 0 atom stereocenters. The van der Waals surface area contributed by atoms with Gasteiger partial charge in [0.15, 0.2) is 14.7 Å². The lowest BCUT2D eigenvalue weighted by atomic mass is 10.2. The van der Waals surface area contributed by atoms with Gasteiger partial charge in [-0.05, 0) is 113 Å². The molecule has 0 saturated heterocycles. The van der Waals surface area contributed by atoms with Crippen molar-refractivity contribution < 1.29 is 28.6 Å². The molecule has 224 valence electrons. The van der Waals surface area contributed by atoms with E-state index in [2.05, 4.69) is 0 Å². The fourth-order valence-electron chi connectivity index (χ4n) is 3.69. The third-order valence-corrected chi connectivity index (χ3v) is 8.83. The number of carbonyl (C=O) groups is 3. The first-order valence-corrected chi connectivity index (χ1v) is 15.6. The van der Waals surface area contributed by atoms with E-state index in [0.717, 1.165) is 50.7 Å². The molecule has 0 amide bonds. The summed E-state index contributed by atoms with van der Waals surface area (Å²) in [6.07, 6.45) is 6.82. The van der Waals surface area contributed by atoms with Crippen LogP contribution in [0.3, 0.4) is 0 Å². The fourth-order valence-corrected chi connectivity index (χ4v) is 5.73. The van der Waals surface area contributed by atoms with E-state index in [4.69, 9.17) is 14.2 Å². The molecule has 0 N–H and O–H groups in total. The molecular weight excluding hydrogens is 560 g/mol. The summed E-state index contributed by atoms with van der Waals surface area (Å²) in [6.45, 7) is 11.6. The van der Waals surface area contributed by atoms with E-state index < -0.39 is 28.8 Å². The predicted molar refractivity (Wildman–Crippen MR) is 171 cm³/mol. The van der Waals surface area contributed by atoms with Crippen LogP contribution in [0.25, 0.3) is 0 Å². The molecule has 0 aliphatic heterocycles. The average Bonchev–Trinajstić information content (AvgIpc) is 2.99. The van der Waals surface area contributed by atoms with Crippen molar-refractivity contribution in [3.8, 4) is 17.2 Å². The van der Waals surface area contributed by atoms with Gasteiger partial charge in [0.1, 0.15) is 17.2 Å². The number of rotatable bonds is 12. The summed E-state index contributed by atoms with van der Waals surface area (Å²) < 4.78 is 16.5. The van der Waals surface area contributed by atoms with Crippen LogP contribution in [0.2, 0.25) is 0 Å². The Morgan fingerprint density at radius 3 is 0.930 bits per heavy atom. The Hall–Kier alpha value is -4.36. The molecule has 3 aromatic carbocycles. The van der Waals surface area contributed by atoms with Crippen LogP contribution in [-0.4, -0.2) is 17.9 Å². The summed E-state index contributed by atoms with van der Waals surface area (Å²) in [5.74, 6) is 0.131. The molecule has 3 rings (SSSR count). The second-order valence-electron chi connectivity index (χ2n) is 10.0. The normalized spacial score (nSPS) is 12.8. The zero-order chi connectivity index (χ0) is 31.4. The number of benzene rings is 3. The lowest BCUT2D eigenvalue weighted by molar-refractivity contribution is -0.130. The van der Waals surface area contributed by atoms with Crippen molar-refractivity contribution >= 4 is 28.8 Å². The van der Waals surface area contributed by atoms with Crippen LogP contribution in [0.1, 0.15) is 60.8 Å². The van der Waals surface area contributed by atoms with Crippen molar-refractivity contribution in [1.29, 1.82) is 0 Å². The van der Waals surface area contributed by atoms with Gasteiger partial charge in [0, 0.05) is 18.2 Å². The van der Waals surface area contributed by atoms with Crippen molar-refractivity contribution in [2.45, 2.75) is 75.5 Å². The summed E-state index contributed by atoms with van der Waals surface area (Å²) in [7, 11) is -0.566. The van der Waals surface area contributed by atoms with E-state index in [1.54, 1.807) is 36.4 Å². The van der Waals surface area contributed by atoms with Gasteiger partial charge in [-0.15, -0.1) is 0 Å². The minimum Gasteiger partial charge on any atom is -0.423 e. The number of esters is 3. The molecule has 0 saturated carbocycles. The SMILES string of the molecule is CC/C(C)=C\C(=O)Oc1ccc([S+](c2ccc(OC(=O)/C=C(/C)CC)cc2)c2ccc(OC(=O)/C=C(\C)CC)cc2)cc1. The van der Waals surface area contributed by atoms with Crippen LogP contribution < -0.4 is 14.2 Å². The van der Waals surface area contributed by atoms with Crippen molar-refractivity contribution in [2.75, 3.05) is 0 Å². The molecule has 0 heterocycles. The standard InChI is InChI=1S/C36H39O6S/c1-7-25(4)22-34(37)40-28-10-16-31(17-11-28)43(32-18-12-29(13-19-32)41-35(38)23-26(5)8-2)33-20-14-30(15-21-33)42-36(39)24-27(6)9-3/h10-24H,7-9H2,1-6H3/q+1/b25-22-,26-23-,27-24+. The number of hydrogen-bond acceptors (Lipinski definition) is 6. The highest BCUT2D eigenvalue weighted by molar-refractivity contribution is 7.97. The van der Waals surface area contributed by atoms with Crippen LogP contribution in [-0.2, 0) is 25.3 Å². The number of allylic oxidation sites excluding steroid dienone is 3. The molecular formula is C36H39O6S+. The fraction of sp³-hybridized carbons (Fsp3) is 0.250. The Kier molecular flexibility index (Phi) is 12.6. The van der Waals surface area contributed by atoms with E-state index in [1.165, 1.54) is 18.2 Å². The predicted octanol–water partition coefficient (Wildman–Crippen LogP) is 8.57. The molecule has 0 fully saturated rings. The Morgan fingerprint density at radius 2 is 0.721 bits per heavy atom. The molecule has 0 bridgehead atoms. The minimum atomic E-state index is -0.566. The van der Waals surface area contributed by atoms with Gasteiger partial charge < -0.3 is 14.2 Å². The summed E-state index contributed by atoms with van der Waals surface area (Å²) >= 11 is 0. The smallest absolute Gasteiger partial charge is 0.336 e. The number of hydrogen-bond donors (Lipinski definition) is 0. The molecule has 0 unspecified atom stereocenters. The topological polar surface area (TPSA) is 78.9 Å². The maximum atomic E-state index is 12.2. The van der Waals surface area contributed by atoms with E-state index in [9.17, 15) is 14.4 Å². The zero-order valence-corrected chi connectivity index (χ0v) is 26.5. The third-order valence-electron chi connectivity index (χ3n) is 6.60. The van der Waals surface area contributed by atoms with Crippen LogP contribution in [0.4, 0.5) is 0 Å². The van der Waals surface area contributed by atoms with E-state index in [0.29, 0.717) is 17.2 Å². The van der Waals surface area contributed by atoms with Crippen LogP contribution >= 0.6 is 0 Å². The quantitative estimate of drug-likeness (QED) is 0.0898. The molecule has 0 aromatic heterocycles. The summed E-state index contributed by atoms with van der Waals surface area (Å²) in [5, 5.41) is 0. The highest BCUT2D eigenvalue weighted by Crippen LogP contribution is 2.34. The van der Waals surface area contributed by atoms with Crippen LogP contribution in [0.5, 0.6) is 17.2 Å². The molecule has 0 spiro atoms. The minimum absolute atomic E-state index is 0.408. The highest BCUT2D eigenvalue weighted by Gasteiger charge is 2.29. The van der Waals surface area contributed by atoms with Crippen LogP contribution in [0.15, 0.2) is 122 Å². The first-order chi connectivity index (χ1) is 20.6. The van der Waals surface area contributed by atoms with E-state index >= 15 is 0 Å². The lowest BCUT2D eigenvalue weighted by Crippen LogP contribution is -2.08. The van der Waals surface area contributed by atoms with Gasteiger partial charge in [-0.2, -0.15) is 0 Å². The Labute approximate surface area is 257 Å². The number of ether oxygens (including phenoxy) is 3. The monoisotopic (exact) mass is 599 g/mol. The largest absolute Gasteiger partial charge is 0.423 e. The summed E-state index contributed by atoms with van der Waals surface area (Å²) in [5.41, 5.74) is 2.83. The molecule has 0 aliphatic rings. The van der Waals surface area contributed by atoms with Gasteiger partial charge in [0.05, 0.1) is 10.9 Å². The number of carbonyl (C=O) groups excluding carboxylic acids is 3. The maximum Gasteiger partial charge on any atom is 0.336 e. The highest BCUT2D eigenvalue weighted by atomic mass is 32.2. The Morgan fingerprint density at radius 1 is 0.488 bits per heavy atom. The van der Waals surface area contributed by atoms with E-state index in [1.807, 2.05) is 77.9 Å². The van der Waals surface area contributed by atoms with Gasteiger partial charge in [0.25, 0.3) is 0 Å². The Balaban J connectivity index is 1.91. The van der Waals surface area contributed by atoms with Crippen molar-refractivity contribution in [2.24, 2.45) is 0 Å². The van der Waals surface area contributed by atoms with Crippen molar-refractivity contribution in [3.05, 3.63) is 108 Å². The molecule has 43 heavy (non-hydrogen) atoms. The van der Waals surface area contributed by atoms with Gasteiger partial charge in [-0.25, -0.2) is 14.4 Å².